The van der Waals surface area contributed by atoms with Gasteiger partial charge in [0.2, 0.25) is 5.91 Å². The lowest BCUT2D eigenvalue weighted by Gasteiger charge is -2.08. The highest BCUT2D eigenvalue weighted by Gasteiger charge is 2.23. The van der Waals surface area contributed by atoms with Crippen LogP contribution >= 0.6 is 45.2 Å². The highest BCUT2D eigenvalue weighted by molar-refractivity contribution is 14.1. The molecule has 0 saturated heterocycles. The molecule has 0 bridgehead atoms. The molecule has 36 heavy (non-hydrogen) atoms. The Morgan fingerprint density at radius 3 is 2.33 bits per heavy atom. The molecule has 0 aliphatic heterocycles. The minimum absolute atomic E-state index is 0.102. The van der Waals surface area contributed by atoms with Crippen LogP contribution in [0.15, 0.2) is 65.1 Å². The van der Waals surface area contributed by atoms with E-state index in [9.17, 15) is 9.59 Å². The van der Waals surface area contributed by atoms with E-state index >= 15 is 0 Å². The fraction of sp³-hybridized carbons (Fsp3) is 0.214. The Morgan fingerprint density at radius 1 is 0.917 bits per heavy atom. The molecule has 0 aliphatic rings. The van der Waals surface area contributed by atoms with Crippen LogP contribution in [0.4, 0.5) is 5.69 Å². The van der Waals surface area contributed by atoms with Crippen LogP contribution in [0.2, 0.25) is 0 Å². The Morgan fingerprint density at radius 2 is 1.64 bits per heavy atom. The van der Waals surface area contributed by atoms with Gasteiger partial charge < -0.3 is 20.6 Å². The van der Waals surface area contributed by atoms with Crippen molar-refractivity contribution in [2.45, 2.75) is 38.7 Å². The topological polar surface area (TPSA) is 109 Å². The lowest BCUT2D eigenvalue weighted by Crippen LogP contribution is -2.09. The summed E-state index contributed by atoms with van der Waals surface area (Å²) >= 11 is 4.30. The molecule has 4 rings (SSSR count). The van der Waals surface area contributed by atoms with E-state index in [4.69, 9.17) is 20.6 Å². The van der Waals surface area contributed by atoms with Crippen molar-refractivity contribution in [2.24, 2.45) is 5.73 Å². The first-order valence-corrected chi connectivity index (χ1v) is 13.8. The number of hydrogen-bond donors (Lipinski definition) is 2. The van der Waals surface area contributed by atoms with Gasteiger partial charge in [-0.15, -0.1) is 0 Å². The van der Waals surface area contributed by atoms with Gasteiger partial charge in [0.1, 0.15) is 23.7 Å². The number of aryl methyl sites for hydroxylation is 1. The van der Waals surface area contributed by atoms with E-state index in [0.29, 0.717) is 59.8 Å². The highest BCUT2D eigenvalue weighted by atomic mass is 127. The second kappa shape index (κ2) is 12.1. The molecule has 8 heteroatoms. The molecule has 0 spiro atoms. The van der Waals surface area contributed by atoms with Gasteiger partial charge in [-0.05, 0) is 87.9 Å². The molecule has 1 aromatic heterocycles. The summed E-state index contributed by atoms with van der Waals surface area (Å²) in [6, 6.07) is 19.1. The van der Waals surface area contributed by atoms with E-state index in [2.05, 4.69) is 45.2 Å². The zero-order valence-corrected chi connectivity index (χ0v) is 23.9. The fourth-order valence-electron chi connectivity index (χ4n) is 4.00. The van der Waals surface area contributed by atoms with Gasteiger partial charge in [0, 0.05) is 37.0 Å². The van der Waals surface area contributed by atoms with E-state index in [1.165, 1.54) is 0 Å². The lowest BCUT2D eigenvalue weighted by molar-refractivity contribution is -0.118. The first-order chi connectivity index (χ1) is 17.3. The number of unbranched alkanes of at least 4 members (excludes halogenated alkanes) is 2. The van der Waals surface area contributed by atoms with Gasteiger partial charge in [0.25, 0.3) is 0 Å². The van der Waals surface area contributed by atoms with Gasteiger partial charge in [0.15, 0.2) is 5.78 Å². The molecule has 6 nitrogen and oxygen atoms in total. The van der Waals surface area contributed by atoms with E-state index in [1.54, 1.807) is 0 Å². The summed E-state index contributed by atoms with van der Waals surface area (Å²) in [7, 11) is 0. The summed E-state index contributed by atoms with van der Waals surface area (Å²) in [4.78, 5) is 24.8. The van der Waals surface area contributed by atoms with Crippen LogP contribution in [0.1, 0.15) is 52.9 Å². The molecular formula is C28H26I2N2O4. The smallest absolute Gasteiger partial charge is 0.217 e. The highest BCUT2D eigenvalue weighted by Crippen LogP contribution is 2.34. The van der Waals surface area contributed by atoms with Gasteiger partial charge in [0.05, 0.1) is 11.3 Å². The number of benzene rings is 3. The summed E-state index contributed by atoms with van der Waals surface area (Å²) in [6.45, 7) is 0.438. The number of ether oxygens (including phenoxy) is 1. The predicted molar refractivity (Wildman–Crippen MR) is 158 cm³/mol. The Bertz CT molecular complexity index is 1380. The number of fused-ring (bicyclic) bond motifs is 1. The van der Waals surface area contributed by atoms with Crippen LogP contribution in [0.25, 0.3) is 11.0 Å². The van der Waals surface area contributed by atoms with Gasteiger partial charge in [-0.2, -0.15) is 0 Å². The third-order valence-corrected chi connectivity index (χ3v) is 7.66. The Kier molecular flexibility index (Phi) is 8.89. The van der Waals surface area contributed by atoms with E-state index < -0.39 is 0 Å². The Labute approximate surface area is 237 Å². The molecule has 0 unspecified atom stereocenters. The molecule has 0 atom stereocenters. The zero-order chi connectivity index (χ0) is 25.7. The van der Waals surface area contributed by atoms with Crippen molar-refractivity contribution in [1.29, 1.82) is 0 Å². The SMILES string of the molecule is NC(=O)CCCCCc1oc2cc(OCc3ccccc3)ccc2c1C(=O)c1cc(I)c(N)c(I)c1. The van der Waals surface area contributed by atoms with Crippen LogP contribution < -0.4 is 16.2 Å². The third kappa shape index (κ3) is 6.39. The molecule has 1 amide bonds. The van der Waals surface area contributed by atoms with Crippen LogP contribution in [0, 0.1) is 7.14 Å². The molecule has 4 aromatic rings. The summed E-state index contributed by atoms with van der Waals surface area (Å²) in [5.74, 6) is 0.902. The lowest BCUT2D eigenvalue weighted by atomic mass is 9.97. The number of nitrogen functional groups attached to an aromatic ring is 1. The molecular weight excluding hydrogens is 682 g/mol. The molecule has 0 saturated carbocycles. The van der Waals surface area contributed by atoms with Gasteiger partial charge >= 0.3 is 0 Å². The Balaban J connectivity index is 1.64. The molecule has 0 radical (unpaired) electrons. The number of halogens is 2. The van der Waals surface area contributed by atoms with Gasteiger partial charge in [-0.3, -0.25) is 9.59 Å². The summed E-state index contributed by atoms with van der Waals surface area (Å²) in [5, 5.41) is 0.751. The minimum Gasteiger partial charge on any atom is -0.489 e. The maximum Gasteiger partial charge on any atom is 0.217 e. The van der Waals surface area contributed by atoms with Crippen molar-refractivity contribution in [3.05, 3.63) is 90.3 Å². The summed E-state index contributed by atoms with van der Waals surface area (Å²) in [6.07, 6.45) is 3.25. The number of amides is 1. The molecule has 0 fully saturated rings. The largest absolute Gasteiger partial charge is 0.489 e. The number of nitrogens with two attached hydrogens (primary N) is 2. The zero-order valence-electron chi connectivity index (χ0n) is 19.6. The van der Waals surface area contributed by atoms with Crippen molar-refractivity contribution >= 4 is 73.5 Å². The number of hydrogen-bond acceptors (Lipinski definition) is 5. The maximum absolute atomic E-state index is 13.7. The van der Waals surface area contributed by atoms with E-state index in [0.717, 1.165) is 30.9 Å². The number of carbonyl (C=O) groups excluding carboxylic acids is 2. The standard InChI is InChI=1S/C28H26I2N2O4/c29-21-13-18(14-22(30)27(21)32)28(34)26-20-12-11-19(35-16-17-7-3-1-4-8-17)15-24(20)36-23(26)9-5-2-6-10-25(31)33/h1,3-4,7-8,11-15H,2,5-6,9-10,16,32H2,(H2,31,33). The normalized spacial score (nSPS) is 11.1. The Hall–Kier alpha value is -2.60. The van der Waals surface area contributed by atoms with E-state index in [1.807, 2.05) is 60.7 Å². The van der Waals surface area contributed by atoms with Crippen molar-refractivity contribution in [3.63, 3.8) is 0 Å². The number of rotatable bonds is 11. The molecule has 4 N–H and O–H groups in total. The average Bonchev–Trinajstić information content (AvgIpc) is 3.22. The first kappa shape index (κ1) is 26.5. The summed E-state index contributed by atoms with van der Waals surface area (Å²) < 4.78 is 13.9. The molecule has 3 aromatic carbocycles. The van der Waals surface area contributed by atoms with Crippen molar-refractivity contribution in [3.8, 4) is 5.75 Å². The number of ketones is 1. The quantitative estimate of drug-likeness (QED) is 0.0789. The fourth-order valence-corrected chi connectivity index (χ4v) is 5.77. The second-order valence-electron chi connectivity index (χ2n) is 8.54. The van der Waals surface area contributed by atoms with Crippen LogP contribution in [-0.4, -0.2) is 11.7 Å². The molecule has 186 valence electrons. The van der Waals surface area contributed by atoms with Crippen molar-refractivity contribution in [2.75, 3.05) is 5.73 Å². The van der Waals surface area contributed by atoms with Crippen LogP contribution in [-0.2, 0) is 17.8 Å². The number of anilines is 1. The van der Waals surface area contributed by atoms with Crippen molar-refractivity contribution in [1.82, 2.24) is 0 Å². The van der Waals surface area contributed by atoms with Crippen LogP contribution in [0.3, 0.4) is 0 Å². The number of primary amides is 1. The number of furan rings is 1. The monoisotopic (exact) mass is 708 g/mol. The maximum atomic E-state index is 13.7. The second-order valence-corrected chi connectivity index (χ2v) is 10.9. The van der Waals surface area contributed by atoms with Crippen LogP contribution in [0.5, 0.6) is 5.75 Å². The molecule has 1 heterocycles. The summed E-state index contributed by atoms with van der Waals surface area (Å²) in [5.41, 5.74) is 14.8. The number of carbonyl (C=O) groups is 2. The third-order valence-electron chi connectivity index (χ3n) is 5.88. The average molecular weight is 708 g/mol. The van der Waals surface area contributed by atoms with Gasteiger partial charge in [-0.1, -0.05) is 36.8 Å². The first-order valence-electron chi connectivity index (χ1n) is 11.6. The van der Waals surface area contributed by atoms with Crippen molar-refractivity contribution < 1.29 is 18.7 Å². The minimum atomic E-state index is -0.301. The van der Waals surface area contributed by atoms with E-state index in [-0.39, 0.29) is 11.7 Å². The predicted octanol–water partition coefficient (Wildman–Crippen LogP) is 6.62. The molecule has 0 aliphatic carbocycles. The van der Waals surface area contributed by atoms with Gasteiger partial charge in [-0.25, -0.2) is 0 Å².